The van der Waals surface area contributed by atoms with E-state index in [4.69, 9.17) is 4.74 Å². The second-order valence-electron chi connectivity index (χ2n) is 7.74. The van der Waals surface area contributed by atoms with E-state index in [2.05, 4.69) is 20.2 Å². The number of piperazine rings is 1. The molecule has 1 saturated heterocycles. The average Bonchev–Trinajstić information content (AvgIpc) is 2.88. The van der Waals surface area contributed by atoms with Gasteiger partial charge in [-0.05, 0) is 42.5 Å². The molecule has 8 nitrogen and oxygen atoms in total. The van der Waals surface area contributed by atoms with Gasteiger partial charge in [-0.15, -0.1) is 0 Å². The lowest BCUT2D eigenvalue weighted by Crippen LogP contribution is -2.50. The second kappa shape index (κ2) is 10.4. The van der Waals surface area contributed by atoms with Gasteiger partial charge in [-0.25, -0.2) is 14.8 Å². The number of nitrogens with one attached hydrogen (secondary N) is 1. The van der Waals surface area contributed by atoms with Crippen molar-refractivity contribution in [1.29, 1.82) is 0 Å². The Kier molecular flexibility index (Phi) is 7.14. The molecule has 1 aromatic carbocycles. The summed E-state index contributed by atoms with van der Waals surface area (Å²) in [6, 6.07) is 13.1. The van der Waals surface area contributed by atoms with E-state index in [9.17, 15) is 22.8 Å². The van der Waals surface area contributed by atoms with Crippen LogP contribution in [0.5, 0.6) is 0 Å². The molecule has 1 aliphatic heterocycles. The zero-order valence-corrected chi connectivity index (χ0v) is 18.5. The van der Waals surface area contributed by atoms with Crippen LogP contribution in [0.15, 0.2) is 67.0 Å². The van der Waals surface area contributed by atoms with Crippen molar-refractivity contribution in [3.05, 3.63) is 78.1 Å². The molecule has 1 N–H and O–H groups in total. The van der Waals surface area contributed by atoms with E-state index in [0.29, 0.717) is 26.2 Å². The molecule has 35 heavy (non-hydrogen) atoms. The van der Waals surface area contributed by atoms with Gasteiger partial charge in [0.25, 0.3) is 5.91 Å². The van der Waals surface area contributed by atoms with Crippen molar-refractivity contribution in [2.75, 3.05) is 43.0 Å². The number of anilines is 3. The van der Waals surface area contributed by atoms with Gasteiger partial charge in [-0.2, -0.15) is 13.2 Å². The van der Waals surface area contributed by atoms with Crippen LogP contribution in [0, 0.1) is 0 Å². The highest BCUT2D eigenvalue weighted by Crippen LogP contribution is 2.31. The van der Waals surface area contributed by atoms with Crippen molar-refractivity contribution in [3.8, 4) is 0 Å². The number of halogens is 3. The Morgan fingerprint density at radius 3 is 2.43 bits per heavy atom. The van der Waals surface area contributed by atoms with Gasteiger partial charge in [-0.3, -0.25) is 4.79 Å². The van der Waals surface area contributed by atoms with E-state index in [1.54, 1.807) is 11.1 Å². The summed E-state index contributed by atoms with van der Waals surface area (Å²) in [7, 11) is 0. The van der Waals surface area contributed by atoms with E-state index >= 15 is 0 Å². The smallest absolute Gasteiger partial charge is 0.416 e. The van der Waals surface area contributed by atoms with Gasteiger partial charge in [0.05, 0.1) is 5.56 Å². The van der Waals surface area contributed by atoms with Crippen LogP contribution in [0.2, 0.25) is 0 Å². The van der Waals surface area contributed by atoms with Crippen LogP contribution < -0.4 is 10.2 Å². The van der Waals surface area contributed by atoms with E-state index in [1.807, 2.05) is 18.2 Å². The van der Waals surface area contributed by atoms with Crippen molar-refractivity contribution in [2.24, 2.45) is 0 Å². The number of esters is 1. The second-order valence-corrected chi connectivity index (χ2v) is 7.74. The third-order valence-corrected chi connectivity index (χ3v) is 5.41. The van der Waals surface area contributed by atoms with Crippen molar-refractivity contribution in [3.63, 3.8) is 0 Å². The van der Waals surface area contributed by atoms with Crippen molar-refractivity contribution in [1.82, 2.24) is 14.9 Å². The molecule has 4 rings (SSSR count). The van der Waals surface area contributed by atoms with E-state index in [0.717, 1.165) is 18.0 Å². The number of rotatable bonds is 6. The summed E-state index contributed by atoms with van der Waals surface area (Å²) in [6.07, 6.45) is -1.41. The number of ether oxygens (including phenoxy) is 1. The van der Waals surface area contributed by atoms with Gasteiger partial charge in [-0.1, -0.05) is 12.1 Å². The molecular weight excluding hydrogens is 463 g/mol. The summed E-state index contributed by atoms with van der Waals surface area (Å²) >= 11 is 0. The number of hydrogen-bond acceptors (Lipinski definition) is 7. The maximum absolute atomic E-state index is 13.0. The lowest BCUT2D eigenvalue weighted by Gasteiger charge is -2.35. The first-order chi connectivity index (χ1) is 16.8. The highest BCUT2D eigenvalue weighted by molar-refractivity contribution is 5.96. The Balaban J connectivity index is 1.34. The van der Waals surface area contributed by atoms with Gasteiger partial charge in [0.2, 0.25) is 0 Å². The summed E-state index contributed by atoms with van der Waals surface area (Å²) < 4.78 is 44.2. The number of benzene rings is 1. The van der Waals surface area contributed by atoms with Gasteiger partial charge >= 0.3 is 12.1 Å². The lowest BCUT2D eigenvalue weighted by molar-refractivity contribution is -0.137. The van der Waals surface area contributed by atoms with Crippen LogP contribution in [0.3, 0.4) is 0 Å². The van der Waals surface area contributed by atoms with Gasteiger partial charge in [0, 0.05) is 44.3 Å². The van der Waals surface area contributed by atoms with Crippen LogP contribution in [0.25, 0.3) is 0 Å². The molecule has 0 unspecified atom stereocenters. The molecule has 0 saturated carbocycles. The zero-order chi connectivity index (χ0) is 24.8. The maximum atomic E-state index is 13.0. The minimum Gasteiger partial charge on any atom is -0.452 e. The highest BCUT2D eigenvalue weighted by Gasteiger charge is 2.30. The molecule has 2 aromatic heterocycles. The average molecular weight is 485 g/mol. The van der Waals surface area contributed by atoms with Crippen LogP contribution in [-0.4, -0.2) is 59.5 Å². The fraction of sp³-hybridized carbons (Fsp3) is 0.250. The minimum atomic E-state index is -4.51. The van der Waals surface area contributed by atoms with Crippen LogP contribution in [0.1, 0.15) is 15.9 Å². The molecule has 0 aliphatic carbocycles. The number of carbonyl (C=O) groups is 2. The van der Waals surface area contributed by atoms with Gasteiger partial charge in [0.1, 0.15) is 17.2 Å². The lowest BCUT2D eigenvalue weighted by atomic mass is 10.2. The molecule has 1 amide bonds. The number of carbonyl (C=O) groups excluding carboxylic acids is 2. The first-order valence-corrected chi connectivity index (χ1v) is 10.8. The maximum Gasteiger partial charge on any atom is 0.416 e. The van der Waals surface area contributed by atoms with Crippen LogP contribution in [-0.2, 0) is 15.7 Å². The molecule has 3 heterocycles. The molecule has 0 atom stereocenters. The minimum absolute atomic E-state index is 0.00215. The van der Waals surface area contributed by atoms with E-state index < -0.39 is 24.3 Å². The number of amides is 1. The van der Waals surface area contributed by atoms with Crippen molar-refractivity contribution >= 4 is 29.2 Å². The topological polar surface area (TPSA) is 87.7 Å². The Labute approximate surface area is 199 Å². The Morgan fingerprint density at radius 1 is 0.943 bits per heavy atom. The van der Waals surface area contributed by atoms with E-state index in [1.165, 1.54) is 30.5 Å². The number of pyridine rings is 2. The van der Waals surface area contributed by atoms with Crippen molar-refractivity contribution < 1.29 is 27.5 Å². The quantitative estimate of drug-likeness (QED) is 0.532. The summed E-state index contributed by atoms with van der Waals surface area (Å²) in [6.45, 7) is 1.67. The number of aromatic nitrogens is 2. The molecule has 11 heteroatoms. The summed E-state index contributed by atoms with van der Waals surface area (Å²) in [5.41, 5.74) is -0.733. The van der Waals surface area contributed by atoms with Crippen molar-refractivity contribution in [2.45, 2.75) is 6.18 Å². The number of alkyl halides is 3. The van der Waals surface area contributed by atoms with E-state index in [-0.39, 0.29) is 23.0 Å². The largest absolute Gasteiger partial charge is 0.452 e. The van der Waals surface area contributed by atoms with Crippen LogP contribution >= 0.6 is 0 Å². The Hall–Kier alpha value is -4.15. The first-order valence-electron chi connectivity index (χ1n) is 10.8. The summed E-state index contributed by atoms with van der Waals surface area (Å²) in [4.78, 5) is 37.2. The predicted octanol–water partition coefficient (Wildman–Crippen LogP) is 3.74. The van der Waals surface area contributed by atoms with Crippen LogP contribution in [0.4, 0.5) is 30.5 Å². The Morgan fingerprint density at radius 2 is 1.71 bits per heavy atom. The molecule has 3 aromatic rings. The predicted molar refractivity (Wildman–Crippen MR) is 122 cm³/mol. The first kappa shape index (κ1) is 24.0. The molecule has 0 bridgehead atoms. The zero-order valence-electron chi connectivity index (χ0n) is 18.5. The Bertz CT molecular complexity index is 1180. The molecular formula is C24H22F3N5O3. The normalized spacial score (nSPS) is 13.9. The number of hydrogen-bond donors (Lipinski definition) is 1. The molecule has 1 aliphatic rings. The third kappa shape index (κ3) is 6.05. The number of nitrogens with zero attached hydrogens (tertiary/aromatic N) is 4. The fourth-order valence-electron chi connectivity index (χ4n) is 3.60. The molecule has 0 radical (unpaired) electrons. The highest BCUT2D eigenvalue weighted by atomic mass is 19.4. The monoisotopic (exact) mass is 485 g/mol. The molecule has 182 valence electrons. The summed E-state index contributed by atoms with van der Waals surface area (Å²) in [5, 5.41) is 2.72. The van der Waals surface area contributed by atoms with Gasteiger partial charge < -0.3 is 19.9 Å². The SMILES string of the molecule is O=C(OCC(=O)N1CCN(c2ccccn2)CC1)c1cccnc1Nc1cccc(C(F)(F)F)c1. The third-order valence-electron chi connectivity index (χ3n) is 5.41. The molecule has 1 fully saturated rings. The molecule has 0 spiro atoms. The van der Waals surface area contributed by atoms with Gasteiger partial charge in [0.15, 0.2) is 6.61 Å². The summed E-state index contributed by atoms with van der Waals surface area (Å²) in [5.74, 6) is -0.292. The fourth-order valence-corrected chi connectivity index (χ4v) is 3.60. The standard InChI is InChI=1S/C24H22F3N5O3/c25-24(26,27)17-5-3-6-18(15-17)30-22-19(7-4-10-29-22)23(34)35-16-21(33)32-13-11-31(12-14-32)20-8-1-2-9-28-20/h1-10,15H,11-14,16H2,(H,29,30).